The van der Waals surface area contributed by atoms with Crippen LogP contribution < -0.4 is 14.2 Å². The first-order chi connectivity index (χ1) is 12.5. The van der Waals surface area contributed by atoms with E-state index in [1.165, 1.54) is 12.1 Å². The standard InChI is InChI=1S/C15H10Cl2F3NO5S/c1-27(23,24)21-14(22)8-5-9(17)12(6-10(8)18)25-11-3-2-7(16)4-13(11)26-15(19)20/h2-6,15H,1H3,(H,21,22). The van der Waals surface area contributed by atoms with Crippen molar-refractivity contribution in [2.24, 2.45) is 0 Å². The van der Waals surface area contributed by atoms with Gasteiger partial charge in [0.05, 0.1) is 16.8 Å². The molecule has 0 atom stereocenters. The molecule has 146 valence electrons. The van der Waals surface area contributed by atoms with Gasteiger partial charge >= 0.3 is 6.61 Å². The number of hydrogen-bond acceptors (Lipinski definition) is 5. The van der Waals surface area contributed by atoms with Crippen LogP contribution in [0.5, 0.6) is 17.2 Å². The number of amides is 1. The Labute approximate surface area is 161 Å². The van der Waals surface area contributed by atoms with Gasteiger partial charge in [0.1, 0.15) is 11.6 Å². The quantitative estimate of drug-likeness (QED) is 0.722. The van der Waals surface area contributed by atoms with Crippen molar-refractivity contribution in [2.45, 2.75) is 6.61 Å². The molecule has 1 amide bonds. The van der Waals surface area contributed by atoms with E-state index in [0.29, 0.717) is 12.3 Å². The number of hydrogen-bond donors (Lipinski definition) is 1. The first-order valence-electron chi connectivity index (χ1n) is 6.89. The smallest absolute Gasteiger partial charge is 0.387 e. The van der Waals surface area contributed by atoms with Crippen LogP contribution >= 0.6 is 23.2 Å². The average molecular weight is 444 g/mol. The normalized spacial score (nSPS) is 11.4. The fourth-order valence-electron chi connectivity index (χ4n) is 1.88. The SMILES string of the molecule is CS(=O)(=O)NC(=O)c1cc(Cl)c(Oc2ccc(Cl)cc2OC(F)F)cc1F. The van der Waals surface area contributed by atoms with E-state index in [-0.39, 0.29) is 21.5 Å². The summed E-state index contributed by atoms with van der Waals surface area (Å²) < 4.78 is 72.4. The number of rotatable bonds is 6. The largest absolute Gasteiger partial charge is 0.452 e. The van der Waals surface area contributed by atoms with Crippen molar-refractivity contribution >= 4 is 39.1 Å². The molecule has 1 N–H and O–H groups in total. The highest BCUT2D eigenvalue weighted by molar-refractivity contribution is 7.89. The number of nitrogens with one attached hydrogen (secondary N) is 1. The van der Waals surface area contributed by atoms with E-state index in [4.69, 9.17) is 27.9 Å². The minimum Gasteiger partial charge on any atom is -0.452 e. The highest BCUT2D eigenvalue weighted by Crippen LogP contribution is 2.38. The molecule has 0 aliphatic rings. The van der Waals surface area contributed by atoms with Crippen molar-refractivity contribution in [1.29, 1.82) is 0 Å². The second-order valence-corrected chi connectivity index (χ2v) is 7.63. The van der Waals surface area contributed by atoms with Gasteiger partial charge in [-0.15, -0.1) is 0 Å². The van der Waals surface area contributed by atoms with Crippen molar-refractivity contribution in [2.75, 3.05) is 6.26 Å². The number of carbonyl (C=O) groups is 1. The fraction of sp³-hybridized carbons (Fsp3) is 0.133. The van der Waals surface area contributed by atoms with Crippen molar-refractivity contribution in [1.82, 2.24) is 4.72 Å². The van der Waals surface area contributed by atoms with Crippen molar-refractivity contribution in [3.63, 3.8) is 0 Å². The molecule has 0 spiro atoms. The topological polar surface area (TPSA) is 81.7 Å². The molecule has 0 fully saturated rings. The summed E-state index contributed by atoms with van der Waals surface area (Å²) in [6, 6.07) is 5.09. The van der Waals surface area contributed by atoms with Crippen LogP contribution in [0.15, 0.2) is 30.3 Å². The molecule has 0 bridgehead atoms. The maximum absolute atomic E-state index is 14.2. The molecular weight excluding hydrogens is 434 g/mol. The van der Waals surface area contributed by atoms with Crippen LogP contribution in [0, 0.1) is 5.82 Å². The summed E-state index contributed by atoms with van der Waals surface area (Å²) in [5.74, 6) is -3.38. The maximum atomic E-state index is 14.2. The summed E-state index contributed by atoms with van der Waals surface area (Å²) in [5, 5.41) is -0.198. The minimum atomic E-state index is -3.92. The van der Waals surface area contributed by atoms with Crippen LogP contribution in [-0.4, -0.2) is 27.2 Å². The van der Waals surface area contributed by atoms with Crippen LogP contribution in [0.25, 0.3) is 0 Å². The van der Waals surface area contributed by atoms with Gasteiger partial charge < -0.3 is 9.47 Å². The molecule has 0 aliphatic carbocycles. The summed E-state index contributed by atoms with van der Waals surface area (Å²) in [5.41, 5.74) is -0.655. The molecule has 27 heavy (non-hydrogen) atoms. The third kappa shape index (κ3) is 5.91. The highest BCUT2D eigenvalue weighted by atomic mass is 35.5. The zero-order valence-electron chi connectivity index (χ0n) is 13.3. The van der Waals surface area contributed by atoms with E-state index >= 15 is 0 Å². The molecular formula is C15H10Cl2F3NO5S. The number of carbonyl (C=O) groups excluding carboxylic acids is 1. The van der Waals surface area contributed by atoms with Gasteiger partial charge in [-0.2, -0.15) is 8.78 Å². The van der Waals surface area contributed by atoms with Crippen molar-refractivity contribution < 1.29 is 35.9 Å². The highest BCUT2D eigenvalue weighted by Gasteiger charge is 2.20. The van der Waals surface area contributed by atoms with E-state index in [0.717, 1.165) is 12.1 Å². The number of benzene rings is 2. The molecule has 2 aromatic rings. The van der Waals surface area contributed by atoms with Gasteiger partial charge in [-0.3, -0.25) is 4.79 Å². The minimum absolute atomic E-state index is 0.0862. The zero-order valence-corrected chi connectivity index (χ0v) is 15.6. The molecule has 0 aromatic heterocycles. The van der Waals surface area contributed by atoms with E-state index in [1.807, 2.05) is 0 Å². The number of halogens is 5. The van der Waals surface area contributed by atoms with Crippen LogP contribution in [0.2, 0.25) is 10.0 Å². The summed E-state index contributed by atoms with van der Waals surface area (Å²) in [6.07, 6.45) is 0.715. The molecule has 6 nitrogen and oxygen atoms in total. The molecule has 0 aliphatic heterocycles. The van der Waals surface area contributed by atoms with E-state index in [1.54, 1.807) is 4.72 Å². The Morgan fingerprint density at radius 2 is 1.78 bits per heavy atom. The van der Waals surface area contributed by atoms with Gasteiger partial charge in [-0.25, -0.2) is 17.5 Å². The monoisotopic (exact) mass is 443 g/mol. The molecule has 2 aromatic carbocycles. The van der Waals surface area contributed by atoms with Crippen LogP contribution in [0.3, 0.4) is 0 Å². The van der Waals surface area contributed by atoms with Gasteiger partial charge in [0.25, 0.3) is 5.91 Å². The lowest BCUT2D eigenvalue weighted by Gasteiger charge is -2.14. The fourth-order valence-corrected chi connectivity index (χ4v) is 2.69. The molecule has 2 rings (SSSR count). The van der Waals surface area contributed by atoms with E-state index in [9.17, 15) is 26.4 Å². The summed E-state index contributed by atoms with van der Waals surface area (Å²) in [4.78, 5) is 11.8. The van der Waals surface area contributed by atoms with Crippen molar-refractivity contribution in [3.05, 3.63) is 51.8 Å². The molecule has 0 saturated heterocycles. The lowest BCUT2D eigenvalue weighted by Crippen LogP contribution is -2.30. The predicted octanol–water partition coefficient (Wildman–Crippen LogP) is 4.22. The van der Waals surface area contributed by atoms with Crippen LogP contribution in [0.4, 0.5) is 13.2 Å². The lowest BCUT2D eigenvalue weighted by molar-refractivity contribution is -0.0510. The zero-order chi connectivity index (χ0) is 20.4. The van der Waals surface area contributed by atoms with Gasteiger partial charge in [0.2, 0.25) is 10.0 Å². The second-order valence-electron chi connectivity index (χ2n) is 5.04. The van der Waals surface area contributed by atoms with Gasteiger partial charge in [-0.05, 0) is 18.2 Å². The third-order valence-corrected chi connectivity index (χ3v) is 3.97. The average Bonchev–Trinajstić information content (AvgIpc) is 2.50. The van der Waals surface area contributed by atoms with Crippen LogP contribution in [0.1, 0.15) is 10.4 Å². The molecule has 12 heteroatoms. The predicted molar refractivity (Wildman–Crippen MR) is 91.9 cm³/mol. The maximum Gasteiger partial charge on any atom is 0.387 e. The number of alkyl halides is 2. The molecule has 0 unspecified atom stereocenters. The van der Waals surface area contributed by atoms with Gasteiger partial charge in [0, 0.05) is 17.2 Å². The van der Waals surface area contributed by atoms with Crippen LogP contribution in [-0.2, 0) is 10.0 Å². The molecule has 0 heterocycles. The first-order valence-corrected chi connectivity index (χ1v) is 9.54. The number of ether oxygens (including phenoxy) is 2. The lowest BCUT2D eigenvalue weighted by atomic mass is 10.2. The Morgan fingerprint density at radius 1 is 1.11 bits per heavy atom. The Hall–Kier alpha value is -2.17. The second kappa shape index (κ2) is 8.24. The Morgan fingerprint density at radius 3 is 2.37 bits per heavy atom. The number of sulfonamides is 1. The Bertz CT molecular complexity index is 986. The van der Waals surface area contributed by atoms with Gasteiger partial charge in [0.15, 0.2) is 11.5 Å². The summed E-state index contributed by atoms with van der Waals surface area (Å²) >= 11 is 11.6. The Kier molecular flexibility index (Phi) is 6.45. The summed E-state index contributed by atoms with van der Waals surface area (Å²) in [7, 11) is -3.92. The van der Waals surface area contributed by atoms with E-state index < -0.39 is 39.7 Å². The Balaban J connectivity index is 2.36. The summed E-state index contributed by atoms with van der Waals surface area (Å²) in [6.45, 7) is -3.17. The third-order valence-electron chi connectivity index (χ3n) is 2.89. The van der Waals surface area contributed by atoms with E-state index in [2.05, 4.69) is 4.74 Å². The first kappa shape index (κ1) is 21.1. The molecule has 0 saturated carbocycles. The van der Waals surface area contributed by atoms with Gasteiger partial charge in [-0.1, -0.05) is 23.2 Å². The van der Waals surface area contributed by atoms with Crippen molar-refractivity contribution in [3.8, 4) is 17.2 Å². The molecule has 0 radical (unpaired) electrons.